The van der Waals surface area contributed by atoms with Crippen molar-refractivity contribution in [2.45, 2.75) is 40.3 Å². The van der Waals surface area contributed by atoms with Gasteiger partial charge in [0.25, 0.3) is 5.91 Å². The third kappa shape index (κ3) is 4.52. The number of aryl methyl sites for hydroxylation is 2. The first-order valence-electron chi connectivity index (χ1n) is 12.3. The number of nitrogens with zero attached hydrogens (tertiary/aromatic N) is 3. The third-order valence-electron chi connectivity index (χ3n) is 6.51. The fourth-order valence-electron chi connectivity index (χ4n) is 4.65. The Labute approximate surface area is 218 Å². The molecule has 0 aliphatic rings. The molecule has 9 heteroatoms. The van der Waals surface area contributed by atoms with Gasteiger partial charge in [0, 0.05) is 34.0 Å². The molecule has 2 aromatic carbocycles. The van der Waals surface area contributed by atoms with Gasteiger partial charge < -0.3 is 20.0 Å². The molecule has 1 amide bonds. The Morgan fingerprint density at radius 2 is 1.95 bits per heavy atom. The van der Waals surface area contributed by atoms with Crippen LogP contribution in [0.15, 0.2) is 57.9 Å². The number of aliphatic hydroxyl groups is 1. The van der Waals surface area contributed by atoms with Gasteiger partial charge >= 0.3 is 0 Å². The van der Waals surface area contributed by atoms with Crippen LogP contribution in [0.2, 0.25) is 0 Å². The molecule has 0 bridgehead atoms. The Morgan fingerprint density at radius 1 is 1.16 bits per heavy atom. The van der Waals surface area contributed by atoms with Crippen molar-refractivity contribution >= 4 is 27.8 Å². The van der Waals surface area contributed by atoms with Crippen molar-refractivity contribution < 1.29 is 19.1 Å². The van der Waals surface area contributed by atoms with Gasteiger partial charge in [-0.2, -0.15) is 5.10 Å². The van der Waals surface area contributed by atoms with Crippen LogP contribution < -0.4 is 15.9 Å². The number of pyridine rings is 1. The molecule has 0 saturated heterocycles. The van der Waals surface area contributed by atoms with E-state index in [1.54, 1.807) is 36.7 Å². The van der Waals surface area contributed by atoms with Crippen LogP contribution in [0.3, 0.4) is 0 Å². The molecule has 0 spiro atoms. The SMILES string of the molecule is Cc1cc([C@@H](C)Oc2ccc(C)nc2C(N)=O)c2oc(-c3ccc4nn(CCO)cc4c3)c(C)c(=O)c2c1. The lowest BCUT2D eigenvalue weighted by atomic mass is 9.99. The van der Waals surface area contributed by atoms with Crippen LogP contribution in [0, 0.1) is 20.8 Å². The van der Waals surface area contributed by atoms with Crippen molar-refractivity contribution in [3.63, 3.8) is 0 Å². The normalized spacial score (nSPS) is 12.2. The predicted molar refractivity (Wildman–Crippen MR) is 144 cm³/mol. The molecule has 5 aromatic rings. The highest BCUT2D eigenvalue weighted by molar-refractivity contribution is 5.93. The molecule has 0 fully saturated rings. The van der Waals surface area contributed by atoms with Gasteiger partial charge in [-0.25, -0.2) is 4.98 Å². The monoisotopic (exact) mass is 512 g/mol. The van der Waals surface area contributed by atoms with Gasteiger partial charge in [-0.3, -0.25) is 14.3 Å². The molecule has 0 aliphatic carbocycles. The summed E-state index contributed by atoms with van der Waals surface area (Å²) >= 11 is 0. The smallest absolute Gasteiger partial charge is 0.271 e. The number of aliphatic hydroxyl groups excluding tert-OH is 1. The van der Waals surface area contributed by atoms with Crippen LogP contribution in [0.4, 0.5) is 0 Å². The van der Waals surface area contributed by atoms with Crippen LogP contribution in [0.25, 0.3) is 33.2 Å². The topological polar surface area (TPSA) is 133 Å². The number of primary amides is 1. The number of hydrogen-bond donors (Lipinski definition) is 2. The second-order valence-electron chi connectivity index (χ2n) is 9.43. The minimum absolute atomic E-state index is 0.0124. The fraction of sp³-hybridized carbons (Fsp3) is 0.241. The third-order valence-corrected chi connectivity index (χ3v) is 6.51. The van der Waals surface area contributed by atoms with Gasteiger partial charge in [-0.1, -0.05) is 0 Å². The maximum atomic E-state index is 13.5. The van der Waals surface area contributed by atoms with E-state index < -0.39 is 12.0 Å². The predicted octanol–water partition coefficient (Wildman–Crippen LogP) is 4.36. The Morgan fingerprint density at radius 3 is 2.68 bits per heavy atom. The summed E-state index contributed by atoms with van der Waals surface area (Å²) in [6.07, 6.45) is 1.26. The first kappa shape index (κ1) is 25.2. The maximum absolute atomic E-state index is 13.5. The van der Waals surface area contributed by atoms with Gasteiger partial charge in [0.05, 0.1) is 24.1 Å². The minimum atomic E-state index is -0.688. The van der Waals surface area contributed by atoms with Crippen LogP contribution in [0.5, 0.6) is 5.75 Å². The Bertz CT molecular complexity index is 1770. The van der Waals surface area contributed by atoms with Crippen LogP contribution in [-0.4, -0.2) is 32.4 Å². The van der Waals surface area contributed by atoms with Gasteiger partial charge in [-0.05, 0) is 75.7 Å². The van der Waals surface area contributed by atoms with Crippen molar-refractivity contribution in [3.8, 4) is 17.1 Å². The highest BCUT2D eigenvalue weighted by atomic mass is 16.5. The van der Waals surface area contributed by atoms with Crippen LogP contribution in [0.1, 0.15) is 45.9 Å². The molecule has 194 valence electrons. The summed E-state index contributed by atoms with van der Waals surface area (Å²) in [4.78, 5) is 29.7. The van der Waals surface area contributed by atoms with E-state index in [4.69, 9.17) is 14.9 Å². The number of carbonyl (C=O) groups excluding carboxylic acids is 1. The minimum Gasteiger partial charge on any atom is -0.483 e. The summed E-state index contributed by atoms with van der Waals surface area (Å²) in [5.74, 6) is 0.0175. The molecule has 3 heterocycles. The zero-order valence-electron chi connectivity index (χ0n) is 21.6. The summed E-state index contributed by atoms with van der Waals surface area (Å²) in [6.45, 7) is 7.61. The van der Waals surface area contributed by atoms with Crippen molar-refractivity contribution in [1.82, 2.24) is 14.8 Å². The van der Waals surface area contributed by atoms with E-state index in [0.717, 1.165) is 22.0 Å². The van der Waals surface area contributed by atoms with Crippen molar-refractivity contribution in [2.24, 2.45) is 5.73 Å². The van der Waals surface area contributed by atoms with E-state index in [1.165, 1.54) is 0 Å². The van der Waals surface area contributed by atoms with E-state index in [9.17, 15) is 14.7 Å². The number of amides is 1. The molecular weight excluding hydrogens is 484 g/mol. The number of fused-ring (bicyclic) bond motifs is 2. The largest absolute Gasteiger partial charge is 0.483 e. The number of rotatable bonds is 7. The van der Waals surface area contributed by atoms with Gasteiger partial charge in [-0.15, -0.1) is 0 Å². The van der Waals surface area contributed by atoms with Gasteiger partial charge in [0.2, 0.25) is 0 Å². The van der Waals surface area contributed by atoms with Crippen molar-refractivity contribution in [3.05, 3.63) is 87.0 Å². The first-order chi connectivity index (χ1) is 18.2. The number of nitrogens with two attached hydrogens (primary N) is 1. The molecule has 0 unspecified atom stereocenters. The van der Waals surface area contributed by atoms with Crippen LogP contribution >= 0.6 is 0 Å². The molecule has 0 aliphatic heterocycles. The second-order valence-corrected chi connectivity index (χ2v) is 9.43. The summed E-state index contributed by atoms with van der Waals surface area (Å²) in [5, 5.41) is 15.0. The maximum Gasteiger partial charge on any atom is 0.271 e. The zero-order valence-corrected chi connectivity index (χ0v) is 21.6. The summed E-state index contributed by atoms with van der Waals surface area (Å²) in [7, 11) is 0. The highest BCUT2D eigenvalue weighted by Crippen LogP contribution is 2.34. The Balaban J connectivity index is 1.64. The average Bonchev–Trinajstić information content (AvgIpc) is 3.28. The van der Waals surface area contributed by atoms with E-state index in [2.05, 4.69) is 10.1 Å². The van der Waals surface area contributed by atoms with Crippen LogP contribution in [-0.2, 0) is 6.54 Å². The van der Waals surface area contributed by atoms with Gasteiger partial charge in [0.1, 0.15) is 17.4 Å². The molecule has 3 N–H and O–H groups in total. The van der Waals surface area contributed by atoms with E-state index in [1.807, 2.05) is 44.3 Å². The number of carbonyl (C=O) groups is 1. The number of benzene rings is 2. The quantitative estimate of drug-likeness (QED) is 0.331. The molecule has 9 nitrogen and oxygen atoms in total. The summed E-state index contributed by atoms with van der Waals surface area (Å²) in [6, 6.07) is 12.7. The first-order valence-corrected chi connectivity index (χ1v) is 12.3. The lowest BCUT2D eigenvalue weighted by Gasteiger charge is -2.19. The highest BCUT2D eigenvalue weighted by Gasteiger charge is 2.22. The summed E-state index contributed by atoms with van der Waals surface area (Å²) in [5.41, 5.74) is 10.0. The van der Waals surface area contributed by atoms with E-state index >= 15 is 0 Å². The Kier molecular flexibility index (Phi) is 6.46. The molecule has 5 rings (SSSR count). The lowest BCUT2D eigenvalue weighted by molar-refractivity contribution is 0.0988. The molecule has 0 radical (unpaired) electrons. The Hall–Kier alpha value is -4.50. The van der Waals surface area contributed by atoms with E-state index in [-0.39, 0.29) is 23.5 Å². The fourth-order valence-corrected chi connectivity index (χ4v) is 4.65. The van der Waals surface area contributed by atoms with Crippen molar-refractivity contribution in [1.29, 1.82) is 0 Å². The number of aromatic nitrogens is 3. The summed E-state index contributed by atoms with van der Waals surface area (Å²) < 4.78 is 14.3. The second kappa shape index (κ2) is 9.75. The molecule has 3 aromatic heterocycles. The molecule has 38 heavy (non-hydrogen) atoms. The van der Waals surface area contributed by atoms with E-state index in [0.29, 0.717) is 40.1 Å². The van der Waals surface area contributed by atoms with Gasteiger partial charge in [0.15, 0.2) is 16.9 Å². The molecule has 0 saturated carbocycles. The number of hydrogen-bond acceptors (Lipinski definition) is 7. The molecular formula is C29H28N4O5. The number of ether oxygens (including phenoxy) is 1. The standard InChI is InChI=1S/C29H28N4O5/c1-15-11-21(18(4)37-24-8-5-16(2)31-25(24)29(30)36)28-22(12-15)26(35)17(3)27(38-28)19-6-7-23-20(13-19)14-33(32-23)9-10-34/h5-8,11-14,18,34H,9-10H2,1-4H3,(H2,30,36)/t18-/m1/s1. The lowest BCUT2D eigenvalue weighted by Crippen LogP contribution is -2.17. The van der Waals surface area contributed by atoms with Crippen molar-refractivity contribution in [2.75, 3.05) is 6.61 Å². The zero-order chi connectivity index (χ0) is 27.1. The molecule has 1 atom stereocenters. The average molecular weight is 513 g/mol.